The van der Waals surface area contributed by atoms with Gasteiger partial charge >= 0.3 is 0 Å². The molecule has 0 spiro atoms. The molecular formula is C5H12NO2P. The SMILES string of the molecule is C[C@@H]1CCOP(C)(=O)N1. The van der Waals surface area contributed by atoms with Crippen molar-refractivity contribution >= 4 is 7.52 Å². The average molecular weight is 149 g/mol. The summed E-state index contributed by atoms with van der Waals surface area (Å²) in [5, 5.41) is 2.89. The van der Waals surface area contributed by atoms with E-state index in [1.54, 1.807) is 6.66 Å². The van der Waals surface area contributed by atoms with E-state index >= 15 is 0 Å². The number of hydrogen-bond acceptors (Lipinski definition) is 2. The highest BCUT2D eigenvalue weighted by Crippen LogP contribution is 2.41. The second-order valence-electron chi connectivity index (χ2n) is 2.50. The lowest BCUT2D eigenvalue weighted by molar-refractivity contribution is 0.259. The van der Waals surface area contributed by atoms with E-state index in [0.717, 1.165) is 6.42 Å². The van der Waals surface area contributed by atoms with Crippen LogP contribution in [0.5, 0.6) is 0 Å². The van der Waals surface area contributed by atoms with Gasteiger partial charge in [0.25, 0.3) is 7.52 Å². The smallest absolute Gasteiger partial charge is 0.267 e. The maximum Gasteiger partial charge on any atom is 0.267 e. The number of nitrogens with one attached hydrogen (secondary N) is 1. The van der Waals surface area contributed by atoms with Crippen LogP contribution >= 0.6 is 7.52 Å². The van der Waals surface area contributed by atoms with Crippen molar-refractivity contribution in [3.8, 4) is 0 Å². The summed E-state index contributed by atoms with van der Waals surface area (Å²) in [6.45, 7) is 4.25. The van der Waals surface area contributed by atoms with Gasteiger partial charge in [-0.25, -0.2) is 5.09 Å². The quantitative estimate of drug-likeness (QED) is 0.526. The van der Waals surface area contributed by atoms with Crippen LogP contribution in [0.2, 0.25) is 0 Å². The Balaban J connectivity index is 2.51. The third kappa shape index (κ3) is 2.09. The summed E-state index contributed by atoms with van der Waals surface area (Å²) in [5.41, 5.74) is 0. The highest BCUT2D eigenvalue weighted by molar-refractivity contribution is 7.56. The predicted molar refractivity (Wildman–Crippen MR) is 36.7 cm³/mol. The third-order valence-electron chi connectivity index (χ3n) is 1.34. The second-order valence-corrected chi connectivity index (χ2v) is 4.71. The van der Waals surface area contributed by atoms with E-state index in [1.165, 1.54) is 0 Å². The number of hydrogen-bond donors (Lipinski definition) is 1. The van der Waals surface area contributed by atoms with E-state index in [2.05, 4.69) is 5.09 Å². The van der Waals surface area contributed by atoms with Crippen LogP contribution in [0.1, 0.15) is 13.3 Å². The molecule has 1 fully saturated rings. The first-order valence-electron chi connectivity index (χ1n) is 3.10. The molecule has 1 aliphatic rings. The zero-order chi connectivity index (χ0) is 6.91. The summed E-state index contributed by atoms with van der Waals surface area (Å²) in [7, 11) is -2.39. The molecule has 2 atom stereocenters. The molecule has 1 aliphatic heterocycles. The van der Waals surface area contributed by atoms with Crippen molar-refractivity contribution in [3.63, 3.8) is 0 Å². The van der Waals surface area contributed by atoms with Crippen LogP contribution in [0.4, 0.5) is 0 Å². The van der Waals surface area contributed by atoms with Crippen LogP contribution in [-0.4, -0.2) is 19.3 Å². The number of rotatable bonds is 0. The minimum absolute atomic E-state index is 0.342. The Morgan fingerprint density at radius 3 is 2.78 bits per heavy atom. The Morgan fingerprint density at radius 1 is 1.78 bits per heavy atom. The molecule has 4 heteroatoms. The van der Waals surface area contributed by atoms with Gasteiger partial charge in [-0.15, -0.1) is 0 Å². The molecule has 0 bridgehead atoms. The van der Waals surface area contributed by atoms with E-state index in [9.17, 15) is 4.57 Å². The molecule has 0 aromatic heterocycles. The summed E-state index contributed by atoms with van der Waals surface area (Å²) in [6, 6.07) is 0.342. The van der Waals surface area contributed by atoms with Crippen molar-refractivity contribution < 1.29 is 9.09 Å². The first kappa shape index (κ1) is 7.26. The Hall–Kier alpha value is 0.150. The summed E-state index contributed by atoms with van der Waals surface area (Å²) in [6.07, 6.45) is 0.956. The molecule has 0 aromatic carbocycles. The fourth-order valence-electron chi connectivity index (χ4n) is 0.906. The van der Waals surface area contributed by atoms with Crippen molar-refractivity contribution in [2.45, 2.75) is 19.4 Å². The second kappa shape index (κ2) is 2.41. The molecule has 0 radical (unpaired) electrons. The molecule has 3 nitrogen and oxygen atoms in total. The zero-order valence-electron chi connectivity index (χ0n) is 5.76. The van der Waals surface area contributed by atoms with Crippen molar-refractivity contribution in [3.05, 3.63) is 0 Å². The molecule has 1 heterocycles. The predicted octanol–water partition coefficient (Wildman–Crippen LogP) is 1.21. The van der Waals surface area contributed by atoms with E-state index in [0.29, 0.717) is 12.6 Å². The Morgan fingerprint density at radius 2 is 2.44 bits per heavy atom. The Kier molecular flexibility index (Phi) is 1.94. The first-order chi connectivity index (χ1) is 4.10. The van der Waals surface area contributed by atoms with Crippen LogP contribution in [-0.2, 0) is 9.09 Å². The highest BCUT2D eigenvalue weighted by Gasteiger charge is 2.23. The lowest BCUT2D eigenvalue weighted by atomic mass is 10.3. The lowest BCUT2D eigenvalue weighted by Crippen LogP contribution is -2.29. The van der Waals surface area contributed by atoms with Crippen LogP contribution in [0.25, 0.3) is 0 Å². The molecule has 0 aromatic rings. The average Bonchev–Trinajstić information content (AvgIpc) is 1.60. The third-order valence-corrected chi connectivity index (χ3v) is 2.93. The Labute approximate surface area is 55.3 Å². The summed E-state index contributed by atoms with van der Waals surface area (Å²) < 4.78 is 16.1. The van der Waals surface area contributed by atoms with Gasteiger partial charge in [-0.2, -0.15) is 0 Å². The van der Waals surface area contributed by atoms with E-state index in [1.807, 2.05) is 6.92 Å². The molecule has 1 saturated heterocycles. The van der Waals surface area contributed by atoms with Gasteiger partial charge < -0.3 is 4.52 Å². The van der Waals surface area contributed by atoms with Gasteiger partial charge in [-0.3, -0.25) is 4.57 Å². The van der Waals surface area contributed by atoms with Crippen LogP contribution in [0.3, 0.4) is 0 Å². The van der Waals surface area contributed by atoms with Crippen molar-refractivity contribution in [2.75, 3.05) is 13.3 Å². The van der Waals surface area contributed by atoms with Gasteiger partial charge in [0, 0.05) is 12.7 Å². The molecule has 9 heavy (non-hydrogen) atoms. The first-order valence-corrected chi connectivity index (χ1v) is 5.17. The van der Waals surface area contributed by atoms with E-state index in [-0.39, 0.29) is 0 Å². The van der Waals surface area contributed by atoms with Crippen molar-refractivity contribution in [1.82, 2.24) is 5.09 Å². The van der Waals surface area contributed by atoms with E-state index in [4.69, 9.17) is 4.52 Å². The molecular weight excluding hydrogens is 137 g/mol. The zero-order valence-corrected chi connectivity index (χ0v) is 6.65. The normalized spacial score (nSPS) is 44.9. The monoisotopic (exact) mass is 149 g/mol. The standard InChI is InChI=1S/C5H12NO2P/c1-5-3-4-8-9(2,7)6-5/h5H,3-4H2,1-2H3,(H,6,7)/t5-,9?/m1/s1. The largest absolute Gasteiger partial charge is 0.318 e. The van der Waals surface area contributed by atoms with Crippen LogP contribution in [0.15, 0.2) is 0 Å². The van der Waals surface area contributed by atoms with Gasteiger partial charge in [0.05, 0.1) is 6.61 Å². The van der Waals surface area contributed by atoms with Gasteiger partial charge in [0.1, 0.15) is 0 Å². The molecule has 0 saturated carbocycles. The van der Waals surface area contributed by atoms with Gasteiger partial charge in [-0.05, 0) is 13.3 Å². The lowest BCUT2D eigenvalue weighted by Gasteiger charge is -2.25. The van der Waals surface area contributed by atoms with Crippen LogP contribution < -0.4 is 5.09 Å². The molecule has 0 amide bonds. The molecule has 1 N–H and O–H groups in total. The van der Waals surface area contributed by atoms with Gasteiger partial charge in [0.15, 0.2) is 0 Å². The fraction of sp³-hybridized carbons (Fsp3) is 1.00. The van der Waals surface area contributed by atoms with Crippen molar-refractivity contribution in [1.29, 1.82) is 0 Å². The molecule has 54 valence electrons. The summed E-state index contributed by atoms with van der Waals surface area (Å²) >= 11 is 0. The van der Waals surface area contributed by atoms with Crippen molar-refractivity contribution in [2.24, 2.45) is 0 Å². The van der Waals surface area contributed by atoms with Gasteiger partial charge in [-0.1, -0.05) is 0 Å². The maximum atomic E-state index is 11.1. The maximum absolute atomic E-state index is 11.1. The molecule has 1 rings (SSSR count). The summed E-state index contributed by atoms with van der Waals surface area (Å²) in [4.78, 5) is 0. The molecule has 1 unspecified atom stereocenters. The summed E-state index contributed by atoms with van der Waals surface area (Å²) in [5.74, 6) is 0. The minimum atomic E-state index is -2.39. The molecule has 0 aliphatic carbocycles. The van der Waals surface area contributed by atoms with Gasteiger partial charge in [0.2, 0.25) is 0 Å². The highest BCUT2D eigenvalue weighted by atomic mass is 31.2. The Bertz CT molecular complexity index is 148. The van der Waals surface area contributed by atoms with Crippen LogP contribution in [0, 0.1) is 0 Å². The minimum Gasteiger partial charge on any atom is -0.318 e. The topological polar surface area (TPSA) is 38.3 Å². The van der Waals surface area contributed by atoms with E-state index < -0.39 is 7.52 Å². The fourth-order valence-corrected chi connectivity index (χ4v) is 2.36.